The van der Waals surface area contributed by atoms with Crippen LogP contribution in [0.15, 0.2) is 24.5 Å². The van der Waals surface area contributed by atoms with Gasteiger partial charge in [0.1, 0.15) is 5.75 Å². The summed E-state index contributed by atoms with van der Waals surface area (Å²) in [6, 6.07) is 3.67. The topological polar surface area (TPSA) is 67.3 Å². The predicted molar refractivity (Wildman–Crippen MR) is 90.7 cm³/mol. The van der Waals surface area contributed by atoms with Crippen LogP contribution in [0, 0.1) is 0 Å². The zero-order valence-corrected chi connectivity index (χ0v) is 14.8. The first-order chi connectivity index (χ1) is 11.0. The van der Waals surface area contributed by atoms with Crippen molar-refractivity contribution in [2.24, 2.45) is 0 Å². The number of rotatable bonds is 7. The van der Waals surface area contributed by atoms with E-state index in [1.54, 1.807) is 17.3 Å². The molecule has 0 radical (unpaired) electrons. The second-order valence-electron chi connectivity index (χ2n) is 6.10. The van der Waals surface area contributed by atoms with Crippen molar-refractivity contribution in [2.75, 3.05) is 12.3 Å². The van der Waals surface area contributed by atoms with Gasteiger partial charge in [-0.15, -0.1) is 0 Å². The second kappa shape index (κ2) is 7.90. The minimum atomic E-state index is -3.34. The molecule has 128 valence electrons. The van der Waals surface area contributed by atoms with Crippen LogP contribution in [0.25, 0.3) is 0 Å². The lowest BCUT2D eigenvalue weighted by Gasteiger charge is -2.31. The van der Waals surface area contributed by atoms with Crippen LogP contribution in [0.5, 0.6) is 0 Å². The molecule has 0 spiro atoms. The Labute approximate surface area is 139 Å². The minimum absolute atomic E-state index is 0.103. The Morgan fingerprint density at radius 1 is 1.26 bits per heavy atom. The summed E-state index contributed by atoms with van der Waals surface area (Å²) in [4.78, 5) is 18.3. The first-order valence-corrected chi connectivity index (χ1v) is 10.1. The maximum absolute atomic E-state index is 12.7. The molecule has 0 aliphatic heterocycles. The first-order valence-electron chi connectivity index (χ1n) is 8.40. The van der Waals surface area contributed by atoms with E-state index in [1.807, 2.05) is 26.0 Å². The van der Waals surface area contributed by atoms with E-state index in [2.05, 4.69) is 4.98 Å². The third-order valence-corrected chi connectivity index (χ3v) is 6.79. The van der Waals surface area contributed by atoms with E-state index in [1.165, 1.54) is 0 Å². The number of amides is 1. The molecule has 1 aromatic rings. The maximum Gasteiger partial charge on any atom is 0.238 e. The van der Waals surface area contributed by atoms with E-state index in [9.17, 15) is 13.2 Å². The number of aromatic nitrogens is 1. The van der Waals surface area contributed by atoms with Gasteiger partial charge in [0.05, 0.1) is 11.3 Å². The highest BCUT2D eigenvalue weighted by molar-refractivity contribution is 7.92. The molecular formula is C17H26N2O3S. The molecule has 1 fully saturated rings. The number of carbonyl (C=O) groups is 1. The Bertz CT molecular complexity index is 610. The van der Waals surface area contributed by atoms with Crippen LogP contribution in [0.3, 0.4) is 0 Å². The van der Waals surface area contributed by atoms with Crippen molar-refractivity contribution in [3.63, 3.8) is 0 Å². The lowest BCUT2D eigenvalue weighted by molar-refractivity contribution is -0.130. The Morgan fingerprint density at radius 2 is 1.87 bits per heavy atom. The van der Waals surface area contributed by atoms with Crippen molar-refractivity contribution in [3.8, 4) is 0 Å². The van der Waals surface area contributed by atoms with Crippen LogP contribution in [0.4, 0.5) is 0 Å². The summed E-state index contributed by atoms with van der Waals surface area (Å²) in [6.07, 6.45) is 7.44. The fourth-order valence-electron chi connectivity index (χ4n) is 3.41. The van der Waals surface area contributed by atoms with Crippen molar-refractivity contribution in [1.29, 1.82) is 0 Å². The van der Waals surface area contributed by atoms with Crippen molar-refractivity contribution < 1.29 is 13.2 Å². The largest absolute Gasteiger partial charge is 0.335 e. The molecule has 0 bridgehead atoms. The summed E-state index contributed by atoms with van der Waals surface area (Å²) in [5.41, 5.74) is 0.996. The molecule has 1 aliphatic carbocycles. The fourth-order valence-corrected chi connectivity index (χ4v) is 5.21. The van der Waals surface area contributed by atoms with Crippen LogP contribution in [-0.4, -0.2) is 41.8 Å². The number of pyridine rings is 1. The van der Waals surface area contributed by atoms with Crippen molar-refractivity contribution in [1.82, 2.24) is 9.88 Å². The minimum Gasteiger partial charge on any atom is -0.335 e. The van der Waals surface area contributed by atoms with E-state index in [4.69, 9.17) is 0 Å². The second-order valence-corrected chi connectivity index (χ2v) is 8.38. The summed E-state index contributed by atoms with van der Waals surface area (Å²) in [6.45, 7) is 4.40. The molecule has 2 rings (SSSR count). The summed E-state index contributed by atoms with van der Waals surface area (Å²) in [5, 5.41) is -0.328. The molecule has 0 saturated heterocycles. The molecule has 6 heteroatoms. The Kier molecular flexibility index (Phi) is 6.16. The number of nitrogens with zero attached hydrogens (tertiary/aromatic N) is 2. The molecule has 0 aromatic carbocycles. The molecule has 1 atom stereocenters. The van der Waals surface area contributed by atoms with E-state index >= 15 is 0 Å². The molecule has 5 nitrogen and oxygen atoms in total. The highest BCUT2D eigenvalue weighted by Crippen LogP contribution is 2.27. The Balaban J connectivity index is 2.14. The van der Waals surface area contributed by atoms with Gasteiger partial charge in [-0.3, -0.25) is 9.78 Å². The molecule has 1 aromatic heterocycles. The normalized spacial score (nSPS) is 17.1. The van der Waals surface area contributed by atoms with Gasteiger partial charge >= 0.3 is 0 Å². The fraction of sp³-hybridized carbons (Fsp3) is 0.647. The SMILES string of the molecule is CCC(c1ccncc1)N(CC)C(=O)CS(=O)(=O)C1CCCC1. The van der Waals surface area contributed by atoms with Crippen LogP contribution < -0.4 is 0 Å². The first kappa shape index (κ1) is 17.9. The quantitative estimate of drug-likeness (QED) is 0.766. The average Bonchev–Trinajstić information content (AvgIpc) is 3.08. The molecule has 1 aliphatic rings. The number of hydrogen-bond donors (Lipinski definition) is 0. The van der Waals surface area contributed by atoms with E-state index in [-0.39, 0.29) is 23.0 Å². The third kappa shape index (κ3) is 4.31. The van der Waals surface area contributed by atoms with Gasteiger partial charge in [0.25, 0.3) is 0 Å². The highest BCUT2D eigenvalue weighted by atomic mass is 32.2. The smallest absolute Gasteiger partial charge is 0.238 e. The lowest BCUT2D eigenvalue weighted by Crippen LogP contribution is -2.40. The van der Waals surface area contributed by atoms with Crippen molar-refractivity contribution in [2.45, 2.75) is 57.2 Å². The lowest BCUT2D eigenvalue weighted by atomic mass is 10.0. The number of sulfone groups is 1. The van der Waals surface area contributed by atoms with Crippen molar-refractivity contribution >= 4 is 15.7 Å². The van der Waals surface area contributed by atoms with Gasteiger partial charge in [-0.1, -0.05) is 19.8 Å². The Hall–Kier alpha value is -1.43. The van der Waals surface area contributed by atoms with Crippen molar-refractivity contribution in [3.05, 3.63) is 30.1 Å². The molecule has 23 heavy (non-hydrogen) atoms. The molecular weight excluding hydrogens is 312 g/mol. The third-order valence-electron chi connectivity index (χ3n) is 4.65. The molecule has 1 saturated carbocycles. The maximum atomic E-state index is 12.7. The van der Waals surface area contributed by atoms with Gasteiger partial charge in [0.2, 0.25) is 5.91 Å². The van der Waals surface area contributed by atoms with Crippen LogP contribution in [-0.2, 0) is 14.6 Å². The number of carbonyl (C=O) groups excluding carboxylic acids is 1. The van der Waals surface area contributed by atoms with Crippen LogP contribution >= 0.6 is 0 Å². The standard InChI is InChI=1S/C17H26N2O3S/c1-3-16(14-9-11-18-12-10-14)19(4-2)17(20)13-23(21,22)15-7-5-6-8-15/h9-12,15-16H,3-8,13H2,1-2H3. The van der Waals surface area contributed by atoms with Gasteiger partial charge in [0, 0.05) is 18.9 Å². The number of hydrogen-bond acceptors (Lipinski definition) is 4. The van der Waals surface area contributed by atoms with Gasteiger partial charge in [-0.05, 0) is 43.9 Å². The summed E-state index contributed by atoms with van der Waals surface area (Å²) < 4.78 is 24.9. The molecule has 1 unspecified atom stereocenters. The van der Waals surface area contributed by atoms with Crippen LogP contribution in [0.2, 0.25) is 0 Å². The van der Waals surface area contributed by atoms with Crippen LogP contribution in [0.1, 0.15) is 57.6 Å². The van der Waals surface area contributed by atoms with Gasteiger partial charge in [-0.25, -0.2) is 8.42 Å². The Morgan fingerprint density at radius 3 is 2.39 bits per heavy atom. The zero-order chi connectivity index (χ0) is 16.9. The molecule has 0 N–H and O–H groups in total. The predicted octanol–water partition coefficient (Wildman–Crippen LogP) is 2.74. The molecule has 1 amide bonds. The van der Waals surface area contributed by atoms with E-state index in [0.717, 1.165) is 24.8 Å². The monoisotopic (exact) mass is 338 g/mol. The van der Waals surface area contributed by atoms with Gasteiger partial charge in [-0.2, -0.15) is 0 Å². The zero-order valence-electron chi connectivity index (χ0n) is 13.9. The average molecular weight is 338 g/mol. The van der Waals surface area contributed by atoms with Gasteiger partial charge < -0.3 is 4.90 Å². The summed E-state index contributed by atoms with van der Waals surface area (Å²) in [5.74, 6) is -0.657. The summed E-state index contributed by atoms with van der Waals surface area (Å²) in [7, 11) is -3.34. The van der Waals surface area contributed by atoms with Gasteiger partial charge in [0.15, 0.2) is 9.84 Å². The van der Waals surface area contributed by atoms with E-state index in [0.29, 0.717) is 19.4 Å². The van der Waals surface area contributed by atoms with E-state index < -0.39 is 9.84 Å². The highest BCUT2D eigenvalue weighted by Gasteiger charge is 2.33. The summed E-state index contributed by atoms with van der Waals surface area (Å²) >= 11 is 0. The molecule has 1 heterocycles.